The maximum absolute atomic E-state index is 13.6. The Kier molecular flexibility index (Phi) is 6.77. The van der Waals surface area contributed by atoms with E-state index in [0.717, 1.165) is 4.70 Å². The molecule has 1 aromatic heterocycles. The number of ketones is 1. The second kappa shape index (κ2) is 10.5. The van der Waals surface area contributed by atoms with Gasteiger partial charge >= 0.3 is 5.91 Å². The van der Waals surface area contributed by atoms with Crippen LogP contribution in [0.3, 0.4) is 0 Å². The molecule has 0 bridgehead atoms. The molecule has 0 saturated carbocycles. The molecule has 2 aliphatic heterocycles. The summed E-state index contributed by atoms with van der Waals surface area (Å²) in [6.07, 6.45) is 0. The summed E-state index contributed by atoms with van der Waals surface area (Å²) in [5.74, 6) is 0.357. The number of fused-ring (bicyclic) bond motifs is 2. The van der Waals surface area contributed by atoms with Gasteiger partial charge in [-0.05, 0) is 67.9 Å². The molecule has 10 heteroatoms. The summed E-state index contributed by atoms with van der Waals surface area (Å²) < 4.78 is 23.4. The molecule has 1 amide bonds. The minimum atomic E-state index is -0.944. The van der Waals surface area contributed by atoms with Gasteiger partial charge in [0.2, 0.25) is 0 Å². The molecule has 3 heterocycles. The predicted molar refractivity (Wildman–Crippen MR) is 151 cm³/mol. The van der Waals surface area contributed by atoms with Crippen molar-refractivity contribution in [2.75, 3.05) is 31.3 Å². The normalized spacial score (nSPS) is 17.9. The Morgan fingerprint density at radius 1 is 0.975 bits per heavy atom. The van der Waals surface area contributed by atoms with Crippen molar-refractivity contribution < 1.29 is 33.6 Å². The quantitative estimate of drug-likeness (QED) is 0.180. The number of hydrogen-bond donors (Lipinski definition) is 1. The number of carbonyl (C=O) groups is 2. The molecular formula is C30H26N2O7S. The molecule has 0 radical (unpaired) electrons. The summed E-state index contributed by atoms with van der Waals surface area (Å²) in [4.78, 5) is 33.3. The maximum Gasteiger partial charge on any atom is 0.301 e. The number of anilines is 1. The van der Waals surface area contributed by atoms with Crippen LogP contribution in [0.25, 0.3) is 16.0 Å². The fourth-order valence-corrected chi connectivity index (χ4v) is 5.91. The van der Waals surface area contributed by atoms with Crippen LogP contribution in [0, 0.1) is 0 Å². The molecule has 1 N–H and O–H groups in total. The fourth-order valence-electron chi connectivity index (χ4n) is 4.88. The van der Waals surface area contributed by atoms with Crippen molar-refractivity contribution in [2.24, 2.45) is 0 Å². The molecule has 1 fully saturated rings. The number of aliphatic hydroxyl groups is 1. The molecule has 1 saturated heterocycles. The number of carbonyl (C=O) groups excluding carboxylic acids is 2. The number of Topliss-reactive ketones (excluding diaryl/α,β-unsaturated/α-hetero) is 1. The lowest BCUT2D eigenvalue weighted by Gasteiger charge is -2.23. The first-order valence-electron chi connectivity index (χ1n) is 13.0. The molecule has 1 atom stereocenters. The van der Waals surface area contributed by atoms with Gasteiger partial charge in [0, 0.05) is 5.56 Å². The van der Waals surface area contributed by atoms with Gasteiger partial charge in [-0.2, -0.15) is 0 Å². The van der Waals surface area contributed by atoms with Crippen LogP contribution in [0.2, 0.25) is 0 Å². The van der Waals surface area contributed by atoms with E-state index < -0.39 is 17.7 Å². The molecule has 6 rings (SSSR count). The average molecular weight is 559 g/mol. The van der Waals surface area contributed by atoms with E-state index in [9.17, 15) is 14.7 Å². The Morgan fingerprint density at radius 3 is 2.50 bits per heavy atom. The Morgan fingerprint density at radius 2 is 1.73 bits per heavy atom. The highest BCUT2D eigenvalue weighted by molar-refractivity contribution is 7.22. The van der Waals surface area contributed by atoms with Crippen LogP contribution in [-0.4, -0.2) is 48.2 Å². The Labute approximate surface area is 234 Å². The van der Waals surface area contributed by atoms with E-state index in [4.69, 9.17) is 18.9 Å². The number of thiazole rings is 1. The third-order valence-corrected chi connectivity index (χ3v) is 7.63. The van der Waals surface area contributed by atoms with Gasteiger partial charge in [0.15, 0.2) is 16.6 Å². The van der Waals surface area contributed by atoms with E-state index in [0.29, 0.717) is 71.2 Å². The third kappa shape index (κ3) is 4.50. The summed E-state index contributed by atoms with van der Waals surface area (Å²) in [7, 11) is 0. The molecule has 9 nitrogen and oxygen atoms in total. The number of amides is 1. The number of rotatable bonds is 7. The second-order valence-electron chi connectivity index (χ2n) is 9.09. The zero-order valence-corrected chi connectivity index (χ0v) is 22.7. The van der Waals surface area contributed by atoms with Crippen molar-refractivity contribution in [2.45, 2.75) is 19.9 Å². The molecule has 40 heavy (non-hydrogen) atoms. The zero-order valence-electron chi connectivity index (χ0n) is 21.9. The first-order chi connectivity index (χ1) is 19.5. The smallest absolute Gasteiger partial charge is 0.301 e. The Balaban J connectivity index is 1.51. The molecule has 204 valence electrons. The predicted octanol–water partition coefficient (Wildman–Crippen LogP) is 5.49. The number of aliphatic hydroxyl groups excluding tert-OH is 1. The molecule has 2 aliphatic rings. The van der Waals surface area contributed by atoms with Crippen molar-refractivity contribution >= 4 is 44.1 Å². The summed E-state index contributed by atoms with van der Waals surface area (Å²) in [6, 6.07) is 16.6. The first kappa shape index (κ1) is 25.7. The molecule has 3 aromatic carbocycles. The van der Waals surface area contributed by atoms with E-state index in [-0.39, 0.29) is 11.3 Å². The lowest BCUT2D eigenvalue weighted by Crippen LogP contribution is -2.29. The van der Waals surface area contributed by atoms with E-state index in [2.05, 4.69) is 4.98 Å². The van der Waals surface area contributed by atoms with E-state index in [1.807, 2.05) is 32.0 Å². The van der Waals surface area contributed by atoms with Crippen molar-refractivity contribution in [3.8, 4) is 23.0 Å². The zero-order chi connectivity index (χ0) is 27.8. The van der Waals surface area contributed by atoms with Gasteiger partial charge in [0.1, 0.15) is 30.5 Å². The van der Waals surface area contributed by atoms with Crippen LogP contribution in [0.5, 0.6) is 23.0 Å². The Bertz CT molecular complexity index is 1660. The highest BCUT2D eigenvalue weighted by Gasteiger charge is 2.48. The topological polar surface area (TPSA) is 107 Å². The highest BCUT2D eigenvalue weighted by Crippen LogP contribution is 2.46. The number of benzene rings is 3. The lowest BCUT2D eigenvalue weighted by atomic mass is 9.95. The van der Waals surface area contributed by atoms with E-state index in [1.165, 1.54) is 16.2 Å². The number of hydrogen-bond acceptors (Lipinski definition) is 9. The molecule has 0 spiro atoms. The largest absolute Gasteiger partial charge is 0.507 e. The molecule has 4 aromatic rings. The van der Waals surface area contributed by atoms with Gasteiger partial charge < -0.3 is 24.1 Å². The van der Waals surface area contributed by atoms with Crippen LogP contribution >= 0.6 is 11.3 Å². The number of aromatic nitrogens is 1. The van der Waals surface area contributed by atoms with Crippen LogP contribution in [0.4, 0.5) is 5.13 Å². The molecule has 1 unspecified atom stereocenters. The van der Waals surface area contributed by atoms with E-state index in [1.54, 1.807) is 42.5 Å². The second-order valence-corrected chi connectivity index (χ2v) is 10.1. The fraction of sp³-hybridized carbons (Fsp3) is 0.233. The van der Waals surface area contributed by atoms with Gasteiger partial charge in [-0.15, -0.1) is 0 Å². The van der Waals surface area contributed by atoms with Crippen molar-refractivity contribution in [3.63, 3.8) is 0 Å². The molecular weight excluding hydrogens is 532 g/mol. The minimum absolute atomic E-state index is 0.0513. The van der Waals surface area contributed by atoms with Gasteiger partial charge in [-0.1, -0.05) is 23.5 Å². The number of nitrogens with zero attached hydrogens (tertiary/aromatic N) is 2. The SMILES string of the molecule is CCOc1cccc(C2/C(=C(\O)c3ccc4c(c3)OCCO4)C(=O)C(=O)N2c2nc3ccc(OCC)cc3s2)c1. The standard InChI is InChI=1S/C30H26N2O7S/c1-3-36-19-7-5-6-17(14-19)26-25(27(33)18-8-11-22-23(15-18)39-13-12-38-22)28(34)29(35)32(26)30-31-21-10-9-20(37-4-2)16-24(21)40-30/h5-11,14-16,26,33H,3-4,12-13H2,1-2H3/b27-25+. The van der Waals surface area contributed by atoms with Gasteiger partial charge in [-0.25, -0.2) is 4.98 Å². The monoisotopic (exact) mass is 558 g/mol. The maximum atomic E-state index is 13.6. The van der Waals surface area contributed by atoms with Crippen molar-refractivity contribution in [1.82, 2.24) is 4.98 Å². The van der Waals surface area contributed by atoms with Crippen LogP contribution < -0.4 is 23.8 Å². The van der Waals surface area contributed by atoms with Gasteiger partial charge in [0.25, 0.3) is 5.78 Å². The number of ether oxygens (including phenoxy) is 4. The average Bonchev–Trinajstić information content (AvgIpc) is 3.50. The highest BCUT2D eigenvalue weighted by atomic mass is 32.1. The third-order valence-electron chi connectivity index (χ3n) is 6.61. The summed E-state index contributed by atoms with van der Waals surface area (Å²) in [6.45, 7) is 5.53. The van der Waals surface area contributed by atoms with Crippen LogP contribution in [0.15, 0.2) is 66.2 Å². The Hall–Kier alpha value is -4.57. The van der Waals surface area contributed by atoms with Crippen LogP contribution in [-0.2, 0) is 9.59 Å². The van der Waals surface area contributed by atoms with Crippen LogP contribution in [0.1, 0.15) is 31.0 Å². The van der Waals surface area contributed by atoms with E-state index >= 15 is 0 Å². The summed E-state index contributed by atoms with van der Waals surface area (Å²) in [5, 5.41) is 11.9. The summed E-state index contributed by atoms with van der Waals surface area (Å²) in [5.41, 5.74) is 1.54. The minimum Gasteiger partial charge on any atom is -0.507 e. The van der Waals surface area contributed by atoms with Gasteiger partial charge in [-0.3, -0.25) is 14.5 Å². The first-order valence-corrected chi connectivity index (χ1v) is 13.8. The molecule has 0 aliphatic carbocycles. The van der Waals surface area contributed by atoms with Gasteiger partial charge in [0.05, 0.1) is 35.0 Å². The lowest BCUT2D eigenvalue weighted by molar-refractivity contribution is -0.132. The van der Waals surface area contributed by atoms with Crippen molar-refractivity contribution in [3.05, 3.63) is 77.4 Å². The van der Waals surface area contributed by atoms with Crippen molar-refractivity contribution in [1.29, 1.82) is 0 Å². The summed E-state index contributed by atoms with van der Waals surface area (Å²) >= 11 is 1.27.